The summed E-state index contributed by atoms with van der Waals surface area (Å²) in [6.07, 6.45) is 2.88. The number of rotatable bonds is 6. The van der Waals surface area contributed by atoms with Gasteiger partial charge < -0.3 is 15.0 Å². The second kappa shape index (κ2) is 8.58. The molecule has 1 N–H and O–H groups in total. The summed E-state index contributed by atoms with van der Waals surface area (Å²) in [5.41, 5.74) is 0.789. The number of fused-ring (bicyclic) bond motifs is 1. The van der Waals surface area contributed by atoms with Gasteiger partial charge in [0.15, 0.2) is 0 Å². The Bertz CT molecular complexity index is 964. The van der Waals surface area contributed by atoms with Crippen LogP contribution in [0, 0.1) is 0 Å². The average molecular weight is 462 g/mol. The average Bonchev–Trinajstić information content (AvgIpc) is 3.34. The molecule has 3 saturated heterocycles. The highest BCUT2D eigenvalue weighted by Crippen LogP contribution is 2.47. The number of ether oxygens (including phenoxy) is 1. The highest BCUT2D eigenvalue weighted by molar-refractivity contribution is 8.18. The SMILES string of the molecule is COc1ccc(/C=C2\SC(=O)N(CCNC(=O)[C@@H]3CS[C@]4(C)CCC(=O)N34)C2=O)cc1. The molecule has 4 rings (SSSR count). The first kappa shape index (κ1) is 21.8. The number of carbonyl (C=O) groups excluding carboxylic acids is 4. The Morgan fingerprint density at radius 2 is 2.03 bits per heavy atom. The summed E-state index contributed by atoms with van der Waals surface area (Å²) in [5, 5.41) is 2.42. The predicted molar refractivity (Wildman–Crippen MR) is 119 cm³/mol. The fourth-order valence-corrected chi connectivity index (χ4v) is 6.26. The number of imide groups is 1. The number of carbonyl (C=O) groups is 4. The minimum atomic E-state index is -0.505. The van der Waals surface area contributed by atoms with Crippen molar-refractivity contribution in [1.82, 2.24) is 15.1 Å². The maximum atomic E-state index is 12.6. The fraction of sp³-hybridized carbons (Fsp3) is 0.429. The van der Waals surface area contributed by atoms with E-state index in [1.165, 1.54) is 0 Å². The highest BCUT2D eigenvalue weighted by atomic mass is 32.2. The van der Waals surface area contributed by atoms with Crippen LogP contribution in [0.5, 0.6) is 5.75 Å². The monoisotopic (exact) mass is 461 g/mol. The quantitative estimate of drug-likeness (QED) is 0.650. The van der Waals surface area contributed by atoms with Crippen LogP contribution in [0.3, 0.4) is 0 Å². The van der Waals surface area contributed by atoms with Gasteiger partial charge >= 0.3 is 0 Å². The third-order valence-corrected chi connectivity index (χ3v) is 8.08. The summed E-state index contributed by atoms with van der Waals surface area (Å²) in [6.45, 7) is 2.22. The summed E-state index contributed by atoms with van der Waals surface area (Å²) < 4.78 is 5.12. The topological polar surface area (TPSA) is 96.0 Å². The molecule has 2 atom stereocenters. The van der Waals surface area contributed by atoms with Crippen LogP contribution >= 0.6 is 23.5 Å². The molecule has 1 aromatic carbocycles. The van der Waals surface area contributed by atoms with Gasteiger partial charge in [0.2, 0.25) is 11.8 Å². The Balaban J connectivity index is 1.33. The number of hydrogen-bond acceptors (Lipinski definition) is 7. The molecular weight excluding hydrogens is 438 g/mol. The van der Waals surface area contributed by atoms with E-state index >= 15 is 0 Å². The van der Waals surface area contributed by atoms with Crippen molar-refractivity contribution in [3.63, 3.8) is 0 Å². The molecule has 3 aliphatic heterocycles. The van der Waals surface area contributed by atoms with Gasteiger partial charge in [-0.2, -0.15) is 0 Å². The molecule has 0 unspecified atom stereocenters. The van der Waals surface area contributed by atoms with Gasteiger partial charge in [-0.05, 0) is 48.9 Å². The van der Waals surface area contributed by atoms with E-state index in [-0.39, 0.29) is 40.9 Å². The van der Waals surface area contributed by atoms with Crippen LogP contribution in [-0.2, 0) is 14.4 Å². The van der Waals surface area contributed by atoms with Crippen LogP contribution < -0.4 is 10.1 Å². The molecule has 3 heterocycles. The largest absolute Gasteiger partial charge is 0.497 e. The molecule has 3 fully saturated rings. The Hall–Kier alpha value is -2.46. The van der Waals surface area contributed by atoms with Crippen molar-refractivity contribution in [2.75, 3.05) is 26.0 Å². The summed E-state index contributed by atoms with van der Waals surface area (Å²) in [4.78, 5) is 52.6. The van der Waals surface area contributed by atoms with Crippen molar-refractivity contribution in [3.05, 3.63) is 34.7 Å². The van der Waals surface area contributed by atoms with Crippen LogP contribution in [-0.4, -0.2) is 69.6 Å². The van der Waals surface area contributed by atoms with Gasteiger partial charge in [-0.1, -0.05) is 12.1 Å². The second-order valence-electron chi connectivity index (χ2n) is 7.66. The smallest absolute Gasteiger partial charge is 0.293 e. The minimum Gasteiger partial charge on any atom is -0.497 e. The standard InChI is InChI=1S/C21H23N3O5S2/c1-21-8-7-17(25)24(21)15(12-30-21)18(26)22-9-10-23-19(27)16(31-20(23)28)11-13-3-5-14(29-2)6-4-13/h3-6,11,15H,7-10,12H2,1-2H3,(H,22,26)/b16-11-/t15-,21+/m0/s1. The maximum absolute atomic E-state index is 12.6. The first-order chi connectivity index (χ1) is 14.8. The lowest BCUT2D eigenvalue weighted by Gasteiger charge is -2.29. The van der Waals surface area contributed by atoms with E-state index in [1.54, 1.807) is 54.1 Å². The molecule has 0 aromatic heterocycles. The molecular formula is C21H23N3O5S2. The van der Waals surface area contributed by atoms with Gasteiger partial charge in [0.1, 0.15) is 11.8 Å². The highest BCUT2D eigenvalue weighted by Gasteiger charge is 2.52. The molecule has 8 nitrogen and oxygen atoms in total. The number of thioether (sulfide) groups is 2. The van der Waals surface area contributed by atoms with Crippen LogP contribution in [0.25, 0.3) is 6.08 Å². The number of hydrogen-bond donors (Lipinski definition) is 1. The Labute approximate surface area is 188 Å². The summed E-state index contributed by atoms with van der Waals surface area (Å²) >= 11 is 2.51. The summed E-state index contributed by atoms with van der Waals surface area (Å²) in [7, 11) is 1.58. The zero-order chi connectivity index (χ0) is 22.2. The maximum Gasteiger partial charge on any atom is 0.293 e. The Kier molecular flexibility index (Phi) is 6.02. The van der Waals surface area contributed by atoms with Crippen molar-refractivity contribution in [3.8, 4) is 5.75 Å². The lowest BCUT2D eigenvalue weighted by molar-refractivity contribution is -0.137. The van der Waals surface area contributed by atoms with Gasteiger partial charge in [-0.15, -0.1) is 11.8 Å². The van der Waals surface area contributed by atoms with Crippen molar-refractivity contribution < 1.29 is 23.9 Å². The van der Waals surface area contributed by atoms with Crippen LogP contribution in [0.1, 0.15) is 25.3 Å². The third kappa shape index (κ3) is 4.18. The van der Waals surface area contributed by atoms with E-state index in [4.69, 9.17) is 4.74 Å². The van der Waals surface area contributed by atoms with Crippen molar-refractivity contribution in [1.29, 1.82) is 0 Å². The molecule has 0 aliphatic carbocycles. The predicted octanol–water partition coefficient (Wildman–Crippen LogP) is 2.30. The fourth-order valence-electron chi connectivity index (χ4n) is 3.97. The van der Waals surface area contributed by atoms with E-state index in [0.29, 0.717) is 22.8 Å². The van der Waals surface area contributed by atoms with Gasteiger partial charge in [0.25, 0.3) is 11.1 Å². The second-order valence-corrected chi connectivity index (χ2v) is 10.2. The molecule has 0 radical (unpaired) electrons. The van der Waals surface area contributed by atoms with Gasteiger partial charge in [-0.25, -0.2) is 0 Å². The first-order valence-electron chi connectivity index (χ1n) is 9.96. The molecule has 4 amide bonds. The van der Waals surface area contributed by atoms with Crippen molar-refractivity contribution in [2.24, 2.45) is 0 Å². The number of amides is 4. The molecule has 31 heavy (non-hydrogen) atoms. The number of methoxy groups -OCH3 is 1. The minimum absolute atomic E-state index is 0.00209. The molecule has 0 saturated carbocycles. The number of nitrogens with zero attached hydrogens (tertiary/aromatic N) is 2. The summed E-state index contributed by atoms with van der Waals surface area (Å²) in [5.74, 6) is 0.645. The van der Waals surface area contributed by atoms with Gasteiger partial charge in [0, 0.05) is 25.3 Å². The molecule has 164 valence electrons. The molecule has 3 aliphatic rings. The van der Waals surface area contributed by atoms with E-state index in [2.05, 4.69) is 5.32 Å². The van der Waals surface area contributed by atoms with E-state index in [9.17, 15) is 19.2 Å². The zero-order valence-electron chi connectivity index (χ0n) is 17.3. The number of benzene rings is 1. The molecule has 10 heteroatoms. The molecule has 0 spiro atoms. The third-order valence-electron chi connectivity index (χ3n) is 5.67. The van der Waals surface area contributed by atoms with E-state index < -0.39 is 6.04 Å². The van der Waals surface area contributed by atoms with E-state index in [1.807, 2.05) is 6.92 Å². The first-order valence-corrected chi connectivity index (χ1v) is 11.8. The summed E-state index contributed by atoms with van der Waals surface area (Å²) in [6, 6.07) is 6.67. The van der Waals surface area contributed by atoms with Crippen LogP contribution in [0.4, 0.5) is 4.79 Å². The van der Waals surface area contributed by atoms with Gasteiger partial charge in [0.05, 0.1) is 16.9 Å². The zero-order valence-corrected chi connectivity index (χ0v) is 18.9. The van der Waals surface area contributed by atoms with Crippen LogP contribution in [0.2, 0.25) is 0 Å². The Morgan fingerprint density at radius 3 is 2.74 bits per heavy atom. The Morgan fingerprint density at radius 1 is 1.29 bits per heavy atom. The van der Waals surface area contributed by atoms with E-state index in [0.717, 1.165) is 28.6 Å². The molecule has 1 aromatic rings. The normalized spacial score (nSPS) is 26.7. The lowest BCUT2D eigenvalue weighted by atomic mass is 10.2. The number of nitrogens with one attached hydrogen (secondary N) is 1. The van der Waals surface area contributed by atoms with Crippen molar-refractivity contribution in [2.45, 2.75) is 30.7 Å². The molecule has 0 bridgehead atoms. The lowest BCUT2D eigenvalue weighted by Crippen LogP contribution is -2.51. The van der Waals surface area contributed by atoms with Gasteiger partial charge in [-0.3, -0.25) is 24.1 Å². The van der Waals surface area contributed by atoms with Crippen molar-refractivity contribution >= 4 is 52.6 Å². The van der Waals surface area contributed by atoms with Crippen LogP contribution in [0.15, 0.2) is 29.2 Å².